The van der Waals surface area contributed by atoms with Crippen molar-refractivity contribution in [1.82, 2.24) is 9.78 Å². The van der Waals surface area contributed by atoms with Gasteiger partial charge in [0.1, 0.15) is 5.15 Å². The van der Waals surface area contributed by atoms with Crippen LogP contribution in [-0.2, 0) is 16.6 Å². The molecule has 0 saturated heterocycles. The first-order valence-corrected chi connectivity index (χ1v) is 7.88. The molecule has 0 aliphatic heterocycles. The third-order valence-electron chi connectivity index (χ3n) is 3.09. The van der Waals surface area contributed by atoms with Crippen molar-refractivity contribution < 1.29 is 14.3 Å². The number of benzene rings is 1. The lowest BCUT2D eigenvalue weighted by molar-refractivity contribution is -0.136. The van der Waals surface area contributed by atoms with Gasteiger partial charge in [-0.05, 0) is 25.1 Å². The van der Waals surface area contributed by atoms with E-state index in [4.69, 9.17) is 16.3 Å². The molecule has 1 aromatic heterocycles. The molecule has 0 radical (unpaired) electrons. The first-order valence-electron chi connectivity index (χ1n) is 6.71. The minimum Gasteiger partial charge on any atom is -0.454 e. The van der Waals surface area contributed by atoms with E-state index < -0.39 is 5.97 Å². The summed E-state index contributed by atoms with van der Waals surface area (Å²) < 4.78 is 7.33. The fourth-order valence-electron chi connectivity index (χ4n) is 1.89. The molecule has 0 fully saturated rings. The van der Waals surface area contributed by atoms with Crippen LogP contribution in [0.1, 0.15) is 21.6 Å². The van der Waals surface area contributed by atoms with E-state index >= 15 is 0 Å². The Morgan fingerprint density at radius 1 is 1.35 bits per heavy atom. The molecule has 2 rings (SSSR count). The Labute approximate surface area is 147 Å². The number of hydrogen-bond acceptors (Lipinski definition) is 4. The van der Waals surface area contributed by atoms with Gasteiger partial charge in [-0.25, -0.2) is 4.79 Å². The molecule has 0 unspecified atom stereocenters. The van der Waals surface area contributed by atoms with Crippen LogP contribution in [-0.4, -0.2) is 28.1 Å². The van der Waals surface area contributed by atoms with Crippen LogP contribution in [0.4, 0.5) is 0 Å². The minimum absolute atomic E-state index is 0.269. The lowest BCUT2D eigenvalue weighted by Gasteiger charge is -2.02. The van der Waals surface area contributed by atoms with Crippen LogP contribution in [0, 0.1) is 6.92 Å². The number of rotatable bonds is 5. The molecule has 7 heteroatoms. The number of nitrogens with zero attached hydrogens (tertiary/aromatic N) is 2. The van der Waals surface area contributed by atoms with Gasteiger partial charge in [0.25, 0.3) is 0 Å². The molecule has 5 nitrogen and oxygen atoms in total. The number of aryl methyl sites for hydroxylation is 2. The number of carbonyl (C=O) groups is 2. The first-order chi connectivity index (χ1) is 10.9. The smallest absolute Gasteiger partial charge is 0.331 e. The summed E-state index contributed by atoms with van der Waals surface area (Å²) in [4.78, 5) is 23.6. The molecule has 0 aliphatic rings. The molecule has 0 spiro atoms. The third kappa shape index (κ3) is 4.53. The van der Waals surface area contributed by atoms with Gasteiger partial charge in [-0.2, -0.15) is 5.10 Å². The van der Waals surface area contributed by atoms with Gasteiger partial charge in [0.15, 0.2) is 12.4 Å². The van der Waals surface area contributed by atoms with Gasteiger partial charge in [0, 0.05) is 28.7 Å². The molecule has 0 aliphatic carbocycles. The van der Waals surface area contributed by atoms with E-state index in [9.17, 15) is 9.59 Å². The van der Waals surface area contributed by atoms with Crippen LogP contribution < -0.4 is 0 Å². The predicted octanol–water partition coefficient (Wildman–Crippen LogP) is 3.58. The molecule has 1 heterocycles. The van der Waals surface area contributed by atoms with Crippen molar-refractivity contribution in [1.29, 1.82) is 0 Å². The summed E-state index contributed by atoms with van der Waals surface area (Å²) in [5.41, 5.74) is 1.83. The van der Waals surface area contributed by atoms with Crippen LogP contribution in [0.25, 0.3) is 6.08 Å². The number of hydrogen-bond donors (Lipinski definition) is 0. The maximum atomic E-state index is 11.9. The topological polar surface area (TPSA) is 61.2 Å². The van der Waals surface area contributed by atoms with Crippen molar-refractivity contribution in [2.45, 2.75) is 6.92 Å². The largest absolute Gasteiger partial charge is 0.454 e. The molecule has 1 aromatic carbocycles. The van der Waals surface area contributed by atoms with Gasteiger partial charge in [0.05, 0.1) is 5.69 Å². The second-order valence-electron chi connectivity index (χ2n) is 4.78. The van der Waals surface area contributed by atoms with Crippen LogP contribution >= 0.6 is 27.5 Å². The minimum atomic E-state index is -0.616. The highest BCUT2D eigenvalue weighted by Gasteiger charge is 2.10. The summed E-state index contributed by atoms with van der Waals surface area (Å²) in [6.07, 6.45) is 2.75. The van der Waals surface area contributed by atoms with Crippen LogP contribution in [0.15, 0.2) is 34.8 Å². The molecular formula is C16H14BrClN2O3. The first kappa shape index (κ1) is 17.4. The van der Waals surface area contributed by atoms with E-state index in [1.165, 1.54) is 16.8 Å². The van der Waals surface area contributed by atoms with E-state index in [-0.39, 0.29) is 12.4 Å². The highest BCUT2D eigenvalue weighted by Crippen LogP contribution is 2.20. The molecular weight excluding hydrogens is 384 g/mol. The lowest BCUT2D eigenvalue weighted by atomic mass is 10.1. The maximum absolute atomic E-state index is 11.9. The Morgan fingerprint density at radius 3 is 2.57 bits per heavy atom. The van der Waals surface area contributed by atoms with Crippen molar-refractivity contribution in [3.05, 3.63) is 56.8 Å². The Hall–Kier alpha value is -1.92. The van der Waals surface area contributed by atoms with Crippen LogP contribution in [0.2, 0.25) is 5.15 Å². The molecule has 23 heavy (non-hydrogen) atoms. The Balaban J connectivity index is 1.93. The summed E-state index contributed by atoms with van der Waals surface area (Å²) >= 11 is 9.35. The van der Waals surface area contributed by atoms with E-state index in [1.54, 1.807) is 38.2 Å². The maximum Gasteiger partial charge on any atom is 0.331 e. The molecule has 0 saturated carbocycles. The summed E-state index contributed by atoms with van der Waals surface area (Å²) in [6.45, 7) is 1.47. The van der Waals surface area contributed by atoms with Crippen molar-refractivity contribution >= 4 is 45.4 Å². The van der Waals surface area contributed by atoms with Gasteiger partial charge >= 0.3 is 5.97 Å². The monoisotopic (exact) mass is 396 g/mol. The highest BCUT2D eigenvalue weighted by atomic mass is 79.9. The van der Waals surface area contributed by atoms with Crippen molar-refractivity contribution in [3.8, 4) is 0 Å². The number of aromatic nitrogens is 2. The molecule has 2 aromatic rings. The number of esters is 1. The predicted molar refractivity (Wildman–Crippen MR) is 91.4 cm³/mol. The van der Waals surface area contributed by atoms with Crippen LogP contribution in [0.3, 0.4) is 0 Å². The van der Waals surface area contributed by atoms with E-state index in [0.29, 0.717) is 22.0 Å². The van der Waals surface area contributed by atoms with Crippen LogP contribution in [0.5, 0.6) is 0 Å². The molecule has 0 bridgehead atoms. The summed E-state index contributed by atoms with van der Waals surface area (Å²) in [7, 11) is 1.71. The molecule has 120 valence electrons. The van der Waals surface area contributed by atoms with E-state index in [0.717, 1.165) is 4.47 Å². The summed E-state index contributed by atoms with van der Waals surface area (Å²) in [5.74, 6) is -0.885. The number of halogens is 2. The molecule has 0 amide bonds. The van der Waals surface area contributed by atoms with Gasteiger partial charge in [-0.15, -0.1) is 0 Å². The zero-order valence-electron chi connectivity index (χ0n) is 12.5. The third-order valence-corrected chi connectivity index (χ3v) is 4.07. The lowest BCUT2D eigenvalue weighted by Crippen LogP contribution is -2.12. The van der Waals surface area contributed by atoms with Gasteiger partial charge in [-0.1, -0.05) is 39.7 Å². The fourth-order valence-corrected chi connectivity index (χ4v) is 2.39. The normalized spacial score (nSPS) is 11.0. The number of Topliss-reactive ketones (excluding diaryl/α,β-unsaturated/α-hetero) is 1. The Morgan fingerprint density at radius 2 is 2.00 bits per heavy atom. The molecule has 0 atom stereocenters. The van der Waals surface area contributed by atoms with E-state index in [2.05, 4.69) is 21.0 Å². The van der Waals surface area contributed by atoms with Gasteiger partial charge in [0.2, 0.25) is 0 Å². The van der Waals surface area contributed by atoms with Crippen molar-refractivity contribution in [2.24, 2.45) is 7.05 Å². The van der Waals surface area contributed by atoms with Gasteiger partial charge < -0.3 is 4.74 Å². The second-order valence-corrected chi connectivity index (χ2v) is 6.06. The second kappa shape index (κ2) is 7.57. The quantitative estimate of drug-likeness (QED) is 0.439. The Kier molecular flexibility index (Phi) is 5.74. The summed E-state index contributed by atoms with van der Waals surface area (Å²) in [5, 5.41) is 4.56. The zero-order chi connectivity index (χ0) is 17.0. The average molecular weight is 398 g/mol. The van der Waals surface area contributed by atoms with Gasteiger partial charge in [-0.3, -0.25) is 9.48 Å². The number of ketones is 1. The van der Waals surface area contributed by atoms with Crippen molar-refractivity contribution in [3.63, 3.8) is 0 Å². The number of ether oxygens (including phenoxy) is 1. The van der Waals surface area contributed by atoms with Crippen molar-refractivity contribution in [2.75, 3.05) is 6.61 Å². The SMILES string of the molecule is Cc1nn(C)c(Cl)c1/C=C/C(=O)OCC(=O)c1ccc(Br)cc1. The Bertz CT molecular complexity index is 766. The molecule has 0 N–H and O–H groups in total. The fraction of sp³-hybridized carbons (Fsp3) is 0.188. The standard InChI is InChI=1S/C16H14BrClN2O3/c1-10-13(16(18)20(2)19-10)7-8-15(22)23-9-14(21)11-3-5-12(17)6-4-11/h3-8H,9H2,1-2H3/b8-7+. The number of carbonyl (C=O) groups excluding carboxylic acids is 2. The zero-order valence-corrected chi connectivity index (χ0v) is 14.9. The summed E-state index contributed by atoms with van der Waals surface area (Å²) in [6, 6.07) is 6.83. The van der Waals surface area contributed by atoms with E-state index in [1.807, 2.05) is 0 Å². The average Bonchev–Trinajstić information content (AvgIpc) is 2.76. The highest BCUT2D eigenvalue weighted by molar-refractivity contribution is 9.10.